The van der Waals surface area contributed by atoms with Gasteiger partial charge in [0.25, 0.3) is 0 Å². The van der Waals surface area contributed by atoms with Crippen molar-refractivity contribution in [1.29, 1.82) is 0 Å². The summed E-state index contributed by atoms with van der Waals surface area (Å²) in [6.45, 7) is 0. The number of rotatable bonds is 2. The van der Waals surface area contributed by atoms with Crippen molar-refractivity contribution in [3.05, 3.63) is 65.3 Å². The summed E-state index contributed by atoms with van der Waals surface area (Å²) in [5, 5.41) is 2.36. The molecule has 1 aliphatic rings. The zero-order valence-electron chi connectivity index (χ0n) is 14.4. The molecule has 5 heteroatoms. The van der Waals surface area contributed by atoms with Gasteiger partial charge in [-0.2, -0.15) is 0 Å². The highest BCUT2D eigenvalue weighted by Gasteiger charge is 2.22. The topological polar surface area (TPSA) is 16.4 Å². The number of benzene rings is 2. The second-order valence-corrected chi connectivity index (χ2v) is 6.91. The fraction of sp³-hybridized carbons (Fsp3) is 0.150. The van der Waals surface area contributed by atoms with Gasteiger partial charge in [-0.3, -0.25) is 0 Å². The molecule has 1 aliphatic heterocycles. The Labute approximate surface area is 169 Å². The van der Waals surface area contributed by atoms with Crippen molar-refractivity contribution < 1.29 is 33.3 Å². The number of pyridine rings is 1. The van der Waals surface area contributed by atoms with Crippen molar-refractivity contribution in [2.45, 2.75) is 4.90 Å². The molecule has 0 saturated heterocycles. The minimum absolute atomic E-state index is 0. The van der Waals surface area contributed by atoms with E-state index >= 15 is 0 Å². The van der Waals surface area contributed by atoms with Gasteiger partial charge in [0.1, 0.15) is 12.8 Å². The molecule has 128 valence electrons. The minimum Gasteiger partial charge on any atom is -1.00 e. The number of thioether (sulfide) groups is 1. The van der Waals surface area contributed by atoms with Crippen LogP contribution in [-0.2, 0) is 7.05 Å². The zero-order valence-corrected chi connectivity index (χ0v) is 17.3. The van der Waals surface area contributed by atoms with E-state index in [1.54, 1.807) is 18.9 Å². The molecule has 1 aromatic heterocycles. The standard InChI is InChI=1S/C20H19N2OS.HI/c1-21-12-11-14(20-16(21)8-6-9-17(20)23-3)13-19-22(2)15-7-4-5-10-18(15)24-19;/h4-13H,1-3H3;1H/q+1;/p-1. The highest BCUT2D eigenvalue weighted by atomic mass is 127. The van der Waals surface area contributed by atoms with E-state index in [0.717, 1.165) is 16.7 Å². The fourth-order valence-corrected chi connectivity index (χ4v) is 4.23. The van der Waals surface area contributed by atoms with Gasteiger partial charge in [0.2, 0.25) is 5.52 Å². The van der Waals surface area contributed by atoms with Crippen LogP contribution >= 0.6 is 11.8 Å². The van der Waals surface area contributed by atoms with Crippen molar-refractivity contribution in [1.82, 2.24) is 0 Å². The lowest BCUT2D eigenvalue weighted by Gasteiger charge is -2.14. The van der Waals surface area contributed by atoms with Crippen LogP contribution < -0.4 is 38.2 Å². The summed E-state index contributed by atoms with van der Waals surface area (Å²) < 4.78 is 7.74. The molecule has 0 unspecified atom stereocenters. The predicted molar refractivity (Wildman–Crippen MR) is 100 cm³/mol. The van der Waals surface area contributed by atoms with E-state index in [2.05, 4.69) is 72.2 Å². The van der Waals surface area contributed by atoms with Crippen LogP contribution in [0, 0.1) is 0 Å². The molecule has 0 bridgehead atoms. The van der Waals surface area contributed by atoms with E-state index in [4.69, 9.17) is 4.74 Å². The number of anilines is 1. The van der Waals surface area contributed by atoms with E-state index in [9.17, 15) is 0 Å². The smallest absolute Gasteiger partial charge is 0.216 e. The Morgan fingerprint density at radius 1 is 1.08 bits per heavy atom. The van der Waals surface area contributed by atoms with E-state index in [1.165, 1.54) is 21.2 Å². The number of ether oxygens (including phenoxy) is 1. The molecular weight excluding hydrogens is 443 g/mol. The highest BCUT2D eigenvalue weighted by Crippen LogP contribution is 2.45. The number of nitrogens with zero attached hydrogens (tertiary/aromatic N) is 2. The third-order valence-corrected chi connectivity index (χ3v) is 5.59. The molecule has 0 saturated carbocycles. The van der Waals surface area contributed by atoms with Crippen LogP contribution in [0.25, 0.3) is 17.0 Å². The van der Waals surface area contributed by atoms with Crippen LogP contribution in [0.1, 0.15) is 5.56 Å². The lowest BCUT2D eigenvalue weighted by atomic mass is 10.1. The Morgan fingerprint density at radius 3 is 2.64 bits per heavy atom. The van der Waals surface area contributed by atoms with Crippen molar-refractivity contribution in [2.75, 3.05) is 19.1 Å². The Hall–Kier alpha value is -1.73. The zero-order chi connectivity index (χ0) is 16.7. The summed E-state index contributed by atoms with van der Waals surface area (Å²) in [4.78, 5) is 3.54. The number of hydrogen-bond donors (Lipinski definition) is 0. The first-order valence-electron chi connectivity index (χ1n) is 7.86. The van der Waals surface area contributed by atoms with Gasteiger partial charge in [0, 0.05) is 29.6 Å². The summed E-state index contributed by atoms with van der Waals surface area (Å²) in [5.41, 5.74) is 3.58. The lowest BCUT2D eigenvalue weighted by molar-refractivity contribution is -0.644. The average Bonchev–Trinajstić information content (AvgIpc) is 2.93. The molecule has 0 radical (unpaired) electrons. The molecule has 25 heavy (non-hydrogen) atoms. The molecular formula is C20H19IN2OS. The SMILES string of the molecule is COc1cccc2c1c(/C=C1\Sc3ccccc3N1C)cc[n+]2C.[I-]. The van der Waals surface area contributed by atoms with Crippen LogP contribution in [0.5, 0.6) is 5.75 Å². The molecule has 0 N–H and O–H groups in total. The second-order valence-electron chi connectivity index (χ2n) is 5.85. The summed E-state index contributed by atoms with van der Waals surface area (Å²) in [6.07, 6.45) is 4.34. The molecule has 0 amide bonds. The Bertz CT molecular complexity index is 971. The first-order chi connectivity index (χ1) is 11.7. The van der Waals surface area contributed by atoms with Crippen molar-refractivity contribution >= 4 is 34.4 Å². The van der Waals surface area contributed by atoms with Crippen LogP contribution in [0.15, 0.2) is 64.7 Å². The number of aryl methyl sites for hydroxylation is 1. The maximum absolute atomic E-state index is 5.61. The largest absolute Gasteiger partial charge is 1.00 e. The highest BCUT2D eigenvalue weighted by molar-refractivity contribution is 8.03. The summed E-state index contributed by atoms with van der Waals surface area (Å²) >= 11 is 1.80. The maximum Gasteiger partial charge on any atom is 0.216 e. The van der Waals surface area contributed by atoms with Gasteiger partial charge in [-0.05, 0) is 24.3 Å². The summed E-state index contributed by atoms with van der Waals surface area (Å²) in [7, 11) is 5.91. The molecule has 3 nitrogen and oxygen atoms in total. The summed E-state index contributed by atoms with van der Waals surface area (Å²) in [6, 6.07) is 16.8. The van der Waals surface area contributed by atoms with Gasteiger partial charge in [-0.25, -0.2) is 4.57 Å². The van der Waals surface area contributed by atoms with Gasteiger partial charge >= 0.3 is 0 Å². The lowest BCUT2D eigenvalue weighted by Crippen LogP contribution is -3.00. The number of hydrogen-bond acceptors (Lipinski definition) is 3. The van der Waals surface area contributed by atoms with Gasteiger partial charge in [-0.15, -0.1) is 0 Å². The number of fused-ring (bicyclic) bond motifs is 2. The van der Waals surface area contributed by atoms with Crippen LogP contribution in [-0.4, -0.2) is 14.2 Å². The first-order valence-corrected chi connectivity index (χ1v) is 8.68. The molecule has 4 rings (SSSR count). The van der Waals surface area contributed by atoms with Gasteiger partial charge in [0.15, 0.2) is 6.20 Å². The Kier molecular flexibility index (Phi) is 5.24. The van der Waals surface area contributed by atoms with Gasteiger partial charge < -0.3 is 33.6 Å². The Morgan fingerprint density at radius 2 is 1.88 bits per heavy atom. The van der Waals surface area contributed by atoms with Crippen LogP contribution in [0.2, 0.25) is 0 Å². The first kappa shape index (κ1) is 18.1. The molecule has 2 aromatic carbocycles. The minimum atomic E-state index is 0. The van der Waals surface area contributed by atoms with Crippen molar-refractivity contribution in [3.63, 3.8) is 0 Å². The third-order valence-electron chi connectivity index (χ3n) is 4.42. The van der Waals surface area contributed by atoms with E-state index in [1.807, 2.05) is 12.1 Å². The molecule has 0 aliphatic carbocycles. The number of aromatic nitrogens is 1. The van der Waals surface area contributed by atoms with Gasteiger partial charge in [-0.1, -0.05) is 30.0 Å². The van der Waals surface area contributed by atoms with Gasteiger partial charge in [0.05, 0.1) is 23.2 Å². The molecule has 0 fully saturated rings. The van der Waals surface area contributed by atoms with Crippen LogP contribution in [0.4, 0.5) is 5.69 Å². The number of halogens is 1. The predicted octanol–water partition coefficient (Wildman–Crippen LogP) is 1.22. The number of para-hydroxylation sites is 1. The molecule has 2 heterocycles. The number of methoxy groups -OCH3 is 1. The molecule has 3 aromatic rings. The molecule has 0 atom stereocenters. The van der Waals surface area contributed by atoms with E-state index < -0.39 is 0 Å². The van der Waals surface area contributed by atoms with E-state index in [0.29, 0.717) is 0 Å². The fourth-order valence-electron chi connectivity index (χ4n) is 3.13. The Balaban J connectivity index is 0.00000182. The van der Waals surface area contributed by atoms with Crippen molar-refractivity contribution in [2.24, 2.45) is 7.05 Å². The van der Waals surface area contributed by atoms with Crippen LogP contribution in [0.3, 0.4) is 0 Å². The van der Waals surface area contributed by atoms with E-state index in [-0.39, 0.29) is 24.0 Å². The maximum atomic E-state index is 5.61. The monoisotopic (exact) mass is 462 g/mol. The normalized spacial score (nSPS) is 14.5. The average molecular weight is 462 g/mol. The third kappa shape index (κ3) is 3.11. The molecule has 0 spiro atoms. The van der Waals surface area contributed by atoms with Crippen molar-refractivity contribution in [3.8, 4) is 5.75 Å². The quantitative estimate of drug-likeness (QED) is 0.421. The second kappa shape index (κ2) is 7.25. The summed E-state index contributed by atoms with van der Waals surface area (Å²) in [5.74, 6) is 0.902.